The van der Waals surface area contributed by atoms with E-state index in [-0.39, 0.29) is 48.1 Å². The van der Waals surface area contributed by atoms with Crippen molar-refractivity contribution in [2.24, 2.45) is 0 Å². The molecular weight excluding hydrogens is 439 g/mol. The van der Waals surface area contributed by atoms with E-state index in [9.17, 15) is 25.0 Å². The first-order valence-electron chi connectivity index (χ1n) is 10.6. The van der Waals surface area contributed by atoms with E-state index in [0.717, 1.165) is 51.4 Å². The molecule has 1 N–H and O–H groups in total. The minimum Gasteiger partial charge on any atom is -0.854 e. The second-order valence-electron chi connectivity index (χ2n) is 5.90. The van der Waals surface area contributed by atoms with Crippen molar-refractivity contribution >= 4 is 13.3 Å². The molecule has 0 aliphatic carbocycles. The van der Waals surface area contributed by atoms with Crippen molar-refractivity contribution in [3.63, 3.8) is 0 Å². The van der Waals surface area contributed by atoms with Gasteiger partial charge in [0.25, 0.3) is 0 Å². The van der Waals surface area contributed by atoms with Crippen LogP contribution in [0.3, 0.4) is 0 Å². The van der Waals surface area contributed by atoms with Crippen LogP contribution in [0.5, 0.6) is 0 Å². The molecule has 0 aliphatic rings. The van der Waals surface area contributed by atoms with Crippen LogP contribution in [0.15, 0.2) is 30.3 Å². The van der Waals surface area contributed by atoms with Crippen molar-refractivity contribution < 1.29 is 51.6 Å². The Morgan fingerprint density at radius 1 is 0.667 bits per heavy atom. The van der Waals surface area contributed by atoms with Gasteiger partial charge in [-0.1, -0.05) is 97.3 Å². The summed E-state index contributed by atoms with van der Waals surface area (Å²) in [5.74, 6) is 0. The SMILES string of the molecule is CCCC[O-].CCCC[O-].CCCC[O-].CCCC[O-].O=[PH](O)c1ccccc1.[Ti+4]. The third kappa shape index (κ3) is 51.0. The van der Waals surface area contributed by atoms with Gasteiger partial charge in [-0.2, -0.15) is 0 Å². The molecule has 6 nitrogen and oxygen atoms in total. The zero-order chi connectivity index (χ0) is 23.2. The van der Waals surface area contributed by atoms with E-state index in [1.165, 1.54) is 0 Å². The molecule has 0 bridgehead atoms. The first kappa shape index (κ1) is 40.3. The first-order valence-corrected chi connectivity index (χ1v) is 11.9. The minimum absolute atomic E-state index is 0. The molecule has 0 radical (unpaired) electrons. The number of rotatable bonds is 9. The van der Waals surface area contributed by atoms with E-state index in [2.05, 4.69) is 0 Å². The molecule has 0 saturated carbocycles. The van der Waals surface area contributed by atoms with Gasteiger partial charge in [0.15, 0.2) is 0 Å². The molecule has 8 heteroatoms. The summed E-state index contributed by atoms with van der Waals surface area (Å²) in [6.45, 7) is 8.42. The number of hydrogen-bond acceptors (Lipinski definition) is 5. The summed E-state index contributed by atoms with van der Waals surface area (Å²) in [4.78, 5) is 8.57. The summed E-state index contributed by atoms with van der Waals surface area (Å²) in [6, 6.07) is 8.58. The Morgan fingerprint density at radius 2 is 0.933 bits per heavy atom. The van der Waals surface area contributed by atoms with Gasteiger partial charge in [0.1, 0.15) is 0 Å². The Hall–Kier alpha value is -0.0357. The molecule has 0 heterocycles. The Labute approximate surface area is 200 Å². The monoisotopic (exact) mass is 482 g/mol. The normalized spacial score (nSPS) is 9.50. The molecule has 0 spiro atoms. The van der Waals surface area contributed by atoms with E-state index >= 15 is 0 Å². The standard InChI is InChI=1S/C6H7O2P.4C4H9O.Ti/c7-9(8)6-4-2-1-3-5-6;4*1-2-3-4-5;/h1-5,9H,(H,7,8);4*2-4H2,1H3;/q;4*-1;+4. The summed E-state index contributed by atoms with van der Waals surface area (Å²) in [7, 11) is -2.46. The van der Waals surface area contributed by atoms with E-state index in [4.69, 9.17) is 4.89 Å². The largest absolute Gasteiger partial charge is 4.00 e. The van der Waals surface area contributed by atoms with E-state index in [1.807, 2.05) is 33.8 Å². The summed E-state index contributed by atoms with van der Waals surface area (Å²) in [6.07, 6.45) is 7.46. The predicted octanol–water partition coefficient (Wildman–Crippen LogP) is 1.36. The fraction of sp³-hybridized carbons (Fsp3) is 0.727. The Morgan fingerprint density at radius 3 is 1.03 bits per heavy atom. The molecule has 0 aromatic heterocycles. The Bertz CT molecular complexity index is 351. The van der Waals surface area contributed by atoms with Crippen molar-refractivity contribution in [1.82, 2.24) is 0 Å². The topological polar surface area (TPSA) is 130 Å². The van der Waals surface area contributed by atoms with Crippen LogP contribution < -0.4 is 25.7 Å². The molecule has 1 rings (SSSR count). The van der Waals surface area contributed by atoms with Gasteiger partial charge in [-0.3, -0.25) is 4.57 Å². The van der Waals surface area contributed by atoms with Crippen LogP contribution in [0, 0.1) is 0 Å². The Balaban J connectivity index is -0.0000000890. The van der Waals surface area contributed by atoms with Gasteiger partial charge in [-0.05, 0) is 12.1 Å². The quantitative estimate of drug-likeness (QED) is 0.418. The first-order chi connectivity index (χ1) is 14.0. The maximum absolute atomic E-state index is 10.4. The van der Waals surface area contributed by atoms with E-state index in [0.29, 0.717) is 5.30 Å². The van der Waals surface area contributed by atoms with Crippen LogP contribution >= 0.6 is 8.03 Å². The van der Waals surface area contributed by atoms with Gasteiger partial charge in [-0.15, -0.1) is 26.4 Å². The van der Waals surface area contributed by atoms with E-state index in [1.54, 1.807) is 24.3 Å². The molecule has 0 aliphatic heterocycles. The van der Waals surface area contributed by atoms with Crippen LogP contribution in [0.25, 0.3) is 0 Å². The summed E-state index contributed by atoms with van der Waals surface area (Å²) < 4.78 is 10.4. The Kier molecular flexibility index (Phi) is 57.7. The van der Waals surface area contributed by atoms with Gasteiger partial charge < -0.3 is 25.3 Å². The van der Waals surface area contributed by atoms with Gasteiger partial charge in [0.2, 0.25) is 8.03 Å². The molecule has 30 heavy (non-hydrogen) atoms. The molecule has 1 unspecified atom stereocenters. The number of unbranched alkanes of at least 4 members (excludes halogenated alkanes) is 4. The van der Waals surface area contributed by atoms with Gasteiger partial charge >= 0.3 is 21.7 Å². The van der Waals surface area contributed by atoms with Gasteiger partial charge in [-0.25, -0.2) is 0 Å². The van der Waals surface area contributed by atoms with Crippen LogP contribution in [0.4, 0.5) is 0 Å². The molecule has 0 saturated heterocycles. The molecule has 0 fully saturated rings. The van der Waals surface area contributed by atoms with Crippen LogP contribution in [0.1, 0.15) is 79.1 Å². The third-order valence-corrected chi connectivity index (χ3v) is 3.84. The van der Waals surface area contributed by atoms with Crippen molar-refractivity contribution in [3.8, 4) is 0 Å². The van der Waals surface area contributed by atoms with Crippen LogP contribution in [0.2, 0.25) is 0 Å². The predicted molar refractivity (Wildman–Crippen MR) is 116 cm³/mol. The maximum Gasteiger partial charge on any atom is 4.00 e. The summed E-state index contributed by atoms with van der Waals surface area (Å²) in [5, 5.41) is 38.6. The molecule has 1 atom stereocenters. The second-order valence-corrected chi connectivity index (χ2v) is 7.09. The summed E-state index contributed by atoms with van der Waals surface area (Å²) in [5.41, 5.74) is 0. The average molecular weight is 482 g/mol. The molecule has 0 amide bonds. The average Bonchev–Trinajstić information content (AvgIpc) is 2.73. The molecule has 1 aromatic carbocycles. The number of benzene rings is 1. The van der Waals surface area contributed by atoms with Gasteiger partial charge in [0.05, 0.1) is 0 Å². The van der Waals surface area contributed by atoms with Crippen molar-refractivity contribution in [2.45, 2.75) is 79.1 Å². The molecule has 1 aromatic rings. The van der Waals surface area contributed by atoms with Gasteiger partial charge in [0, 0.05) is 5.30 Å². The van der Waals surface area contributed by atoms with Crippen molar-refractivity contribution in [2.75, 3.05) is 26.4 Å². The van der Waals surface area contributed by atoms with Crippen molar-refractivity contribution in [3.05, 3.63) is 30.3 Å². The van der Waals surface area contributed by atoms with E-state index < -0.39 is 8.03 Å². The van der Waals surface area contributed by atoms with Crippen molar-refractivity contribution in [1.29, 1.82) is 0 Å². The molecule has 176 valence electrons. The number of hydrogen-bond donors (Lipinski definition) is 1. The minimum atomic E-state index is -2.46. The fourth-order valence-electron chi connectivity index (χ4n) is 1.16. The maximum atomic E-state index is 10.4. The summed E-state index contributed by atoms with van der Waals surface area (Å²) >= 11 is 0. The van der Waals surface area contributed by atoms with Crippen LogP contribution in [-0.2, 0) is 26.3 Å². The zero-order valence-corrected chi connectivity index (χ0v) is 21.9. The fourth-order valence-corrected chi connectivity index (χ4v) is 1.64. The second kappa shape index (κ2) is 43.0. The third-order valence-electron chi connectivity index (χ3n) is 3.01. The molecular formula is C22H43O6PTi. The zero-order valence-electron chi connectivity index (χ0n) is 19.4. The smallest absolute Gasteiger partial charge is 0.854 e. The van der Waals surface area contributed by atoms with Crippen LogP contribution in [-0.4, -0.2) is 31.3 Å².